The van der Waals surface area contributed by atoms with Gasteiger partial charge in [-0.3, -0.25) is 9.69 Å². The van der Waals surface area contributed by atoms with Crippen molar-refractivity contribution in [2.24, 2.45) is 0 Å². The number of rotatable bonds is 8. The van der Waals surface area contributed by atoms with Crippen LogP contribution in [0.1, 0.15) is 18.1 Å². The maximum absolute atomic E-state index is 11.9. The molecule has 0 spiro atoms. The number of ether oxygens (including phenoxy) is 2. The highest BCUT2D eigenvalue weighted by atomic mass is 35.5. The number of amides is 3. The molecule has 7 nitrogen and oxygen atoms in total. The molecule has 31 heavy (non-hydrogen) atoms. The van der Waals surface area contributed by atoms with Gasteiger partial charge in [0, 0.05) is 32.2 Å². The zero-order valence-corrected chi connectivity index (χ0v) is 18.5. The Morgan fingerprint density at radius 3 is 2.74 bits per heavy atom. The Balaban J connectivity index is 1.36. The van der Waals surface area contributed by atoms with Gasteiger partial charge in [0.2, 0.25) is 5.91 Å². The average molecular weight is 444 g/mol. The number of hydrogen-bond donors (Lipinski definition) is 0. The van der Waals surface area contributed by atoms with Crippen LogP contribution in [-0.2, 0) is 17.8 Å². The Morgan fingerprint density at radius 2 is 2.03 bits per heavy atom. The number of carbonyl (C=O) groups excluding carboxylic acids is 2. The summed E-state index contributed by atoms with van der Waals surface area (Å²) in [6.45, 7) is 4.97. The summed E-state index contributed by atoms with van der Waals surface area (Å²) in [6, 6.07) is 11.7. The highest BCUT2D eigenvalue weighted by Gasteiger charge is 2.33. The molecule has 0 aliphatic carbocycles. The first-order valence-electron chi connectivity index (χ1n) is 10.4. The van der Waals surface area contributed by atoms with Crippen LogP contribution in [0.4, 0.5) is 10.5 Å². The molecule has 0 atom stereocenters. The Labute approximate surface area is 187 Å². The van der Waals surface area contributed by atoms with Crippen LogP contribution in [0.5, 0.6) is 11.5 Å². The van der Waals surface area contributed by atoms with Crippen LogP contribution in [0.25, 0.3) is 0 Å². The van der Waals surface area contributed by atoms with Crippen molar-refractivity contribution < 1.29 is 19.1 Å². The minimum Gasteiger partial charge on any atom is -0.493 e. The molecule has 2 aromatic carbocycles. The van der Waals surface area contributed by atoms with E-state index in [1.54, 1.807) is 7.05 Å². The first-order chi connectivity index (χ1) is 15.0. The third-order valence-corrected chi connectivity index (χ3v) is 5.89. The number of hydrogen-bond acceptors (Lipinski definition) is 5. The molecule has 0 saturated carbocycles. The van der Waals surface area contributed by atoms with Crippen molar-refractivity contribution >= 4 is 29.2 Å². The number of likely N-dealkylation sites (N-methyl/N-ethyl adjacent to an activating group) is 1. The smallest absolute Gasteiger partial charge is 0.327 e. The lowest BCUT2D eigenvalue weighted by Crippen LogP contribution is -2.35. The third kappa shape index (κ3) is 4.56. The van der Waals surface area contributed by atoms with E-state index in [1.165, 1.54) is 15.4 Å². The van der Waals surface area contributed by atoms with Gasteiger partial charge in [0.25, 0.3) is 0 Å². The summed E-state index contributed by atoms with van der Waals surface area (Å²) in [5, 5.41) is 0.507. The van der Waals surface area contributed by atoms with Gasteiger partial charge in [-0.05, 0) is 48.4 Å². The molecule has 2 aromatic rings. The SMILES string of the molecule is CCN(Cc1ccc(OCCN2C(=O)CN(C)C2=O)c(Cl)c1)c1ccc2c(c1)CCO2. The number of urea groups is 1. The van der Waals surface area contributed by atoms with Gasteiger partial charge in [-0.2, -0.15) is 0 Å². The molecule has 164 valence electrons. The quantitative estimate of drug-likeness (QED) is 0.583. The monoisotopic (exact) mass is 443 g/mol. The van der Waals surface area contributed by atoms with Gasteiger partial charge in [-0.25, -0.2) is 4.79 Å². The van der Waals surface area contributed by atoms with E-state index in [0.29, 0.717) is 10.8 Å². The van der Waals surface area contributed by atoms with Crippen molar-refractivity contribution in [2.45, 2.75) is 19.9 Å². The van der Waals surface area contributed by atoms with E-state index in [1.807, 2.05) is 24.3 Å². The van der Waals surface area contributed by atoms with Gasteiger partial charge in [0.1, 0.15) is 24.7 Å². The molecular weight excluding hydrogens is 418 g/mol. The minimum atomic E-state index is -0.298. The summed E-state index contributed by atoms with van der Waals surface area (Å²) >= 11 is 6.44. The maximum Gasteiger partial charge on any atom is 0.327 e. The van der Waals surface area contributed by atoms with Crippen LogP contribution in [-0.4, -0.2) is 61.6 Å². The van der Waals surface area contributed by atoms with Crippen molar-refractivity contribution in [3.8, 4) is 11.5 Å². The summed E-state index contributed by atoms with van der Waals surface area (Å²) in [5.41, 5.74) is 3.48. The van der Waals surface area contributed by atoms with Gasteiger partial charge in [-0.15, -0.1) is 0 Å². The second-order valence-electron chi connectivity index (χ2n) is 7.70. The number of carbonyl (C=O) groups is 2. The molecule has 0 bridgehead atoms. The molecule has 8 heteroatoms. The van der Waals surface area contributed by atoms with Gasteiger partial charge in [0.05, 0.1) is 18.2 Å². The molecule has 2 heterocycles. The first kappa shape index (κ1) is 21.3. The van der Waals surface area contributed by atoms with Crippen LogP contribution in [0.3, 0.4) is 0 Å². The van der Waals surface area contributed by atoms with Crippen molar-refractivity contribution in [1.29, 1.82) is 0 Å². The predicted molar refractivity (Wildman–Crippen MR) is 119 cm³/mol. The van der Waals surface area contributed by atoms with Crippen molar-refractivity contribution in [3.05, 3.63) is 52.5 Å². The van der Waals surface area contributed by atoms with Gasteiger partial charge >= 0.3 is 6.03 Å². The van der Waals surface area contributed by atoms with Gasteiger partial charge < -0.3 is 19.3 Å². The normalized spacial score (nSPS) is 15.3. The summed E-state index contributed by atoms with van der Waals surface area (Å²) in [4.78, 5) is 28.6. The third-order valence-electron chi connectivity index (χ3n) is 5.59. The Bertz CT molecular complexity index is 997. The standard InChI is InChI=1S/C23H26ClN3O4/c1-3-26(18-5-7-20-17(13-18)8-10-30-20)14-16-4-6-21(19(24)12-16)31-11-9-27-22(28)15-25(2)23(27)29/h4-7,12-13H,3,8-11,14-15H2,1-2H3. The molecule has 0 N–H and O–H groups in total. The zero-order chi connectivity index (χ0) is 22.0. The fraction of sp³-hybridized carbons (Fsp3) is 0.391. The van der Waals surface area contributed by atoms with Crippen molar-refractivity contribution in [3.63, 3.8) is 0 Å². The summed E-state index contributed by atoms with van der Waals surface area (Å²) in [5.74, 6) is 1.30. The lowest BCUT2D eigenvalue weighted by molar-refractivity contribution is -0.125. The molecule has 0 radical (unpaired) electrons. The van der Waals surface area contributed by atoms with Crippen LogP contribution in [0, 0.1) is 0 Å². The molecule has 0 aromatic heterocycles. The zero-order valence-electron chi connectivity index (χ0n) is 17.8. The van der Waals surface area contributed by atoms with Gasteiger partial charge in [-0.1, -0.05) is 17.7 Å². The summed E-state index contributed by atoms with van der Waals surface area (Å²) in [7, 11) is 1.60. The van der Waals surface area contributed by atoms with E-state index in [4.69, 9.17) is 21.1 Å². The molecule has 3 amide bonds. The Kier molecular flexibility index (Phi) is 6.23. The van der Waals surface area contributed by atoms with E-state index >= 15 is 0 Å². The van der Waals surface area contributed by atoms with E-state index in [-0.39, 0.29) is 31.6 Å². The van der Waals surface area contributed by atoms with Crippen molar-refractivity contribution in [2.75, 3.05) is 44.8 Å². The fourth-order valence-electron chi connectivity index (χ4n) is 3.87. The predicted octanol–water partition coefficient (Wildman–Crippen LogP) is 3.57. The van der Waals surface area contributed by atoms with Crippen LogP contribution in [0.2, 0.25) is 5.02 Å². The maximum atomic E-state index is 11.9. The number of anilines is 1. The number of benzene rings is 2. The summed E-state index contributed by atoms with van der Waals surface area (Å²) in [6.07, 6.45) is 0.948. The fourth-order valence-corrected chi connectivity index (χ4v) is 4.13. The molecule has 4 rings (SSSR count). The van der Waals surface area contributed by atoms with Crippen LogP contribution in [0.15, 0.2) is 36.4 Å². The second-order valence-corrected chi connectivity index (χ2v) is 8.11. The lowest BCUT2D eigenvalue weighted by atomic mass is 10.1. The van der Waals surface area contributed by atoms with E-state index in [2.05, 4.69) is 24.0 Å². The lowest BCUT2D eigenvalue weighted by Gasteiger charge is -2.24. The van der Waals surface area contributed by atoms with Gasteiger partial charge in [0.15, 0.2) is 0 Å². The highest BCUT2D eigenvalue weighted by molar-refractivity contribution is 6.32. The molecule has 0 unspecified atom stereocenters. The molecule has 2 aliphatic heterocycles. The van der Waals surface area contributed by atoms with Crippen molar-refractivity contribution in [1.82, 2.24) is 9.80 Å². The number of imide groups is 1. The Hall–Kier alpha value is -2.93. The average Bonchev–Trinajstić information content (AvgIpc) is 3.32. The molecular formula is C23H26ClN3O4. The number of fused-ring (bicyclic) bond motifs is 1. The molecule has 1 fully saturated rings. The topological polar surface area (TPSA) is 62.3 Å². The highest BCUT2D eigenvalue weighted by Crippen LogP contribution is 2.31. The second kappa shape index (κ2) is 9.06. The van der Waals surface area contributed by atoms with E-state index < -0.39 is 0 Å². The van der Waals surface area contributed by atoms with Crippen LogP contribution < -0.4 is 14.4 Å². The Morgan fingerprint density at radius 1 is 1.19 bits per heavy atom. The summed E-state index contributed by atoms with van der Waals surface area (Å²) < 4.78 is 11.3. The largest absolute Gasteiger partial charge is 0.493 e. The number of nitrogens with zero attached hydrogens (tertiary/aromatic N) is 3. The number of halogens is 1. The van der Waals surface area contributed by atoms with E-state index in [0.717, 1.165) is 43.1 Å². The van der Waals surface area contributed by atoms with E-state index in [9.17, 15) is 9.59 Å². The van der Waals surface area contributed by atoms with Crippen LogP contribution >= 0.6 is 11.6 Å². The molecule has 1 saturated heterocycles. The minimum absolute atomic E-state index is 0.111. The first-order valence-corrected chi connectivity index (χ1v) is 10.8. The molecule has 2 aliphatic rings.